The average molecular weight is 505 g/mol. The van der Waals surface area contributed by atoms with Crippen molar-refractivity contribution < 1.29 is 19.1 Å². The van der Waals surface area contributed by atoms with E-state index in [-0.39, 0.29) is 52.5 Å². The van der Waals surface area contributed by atoms with Crippen molar-refractivity contribution in [1.82, 2.24) is 9.80 Å². The normalized spacial score (nSPS) is 16.2. The molecule has 5 N–H and O–H groups in total. The van der Waals surface area contributed by atoms with Gasteiger partial charge in [-0.05, 0) is 32.2 Å². The summed E-state index contributed by atoms with van der Waals surface area (Å²) in [5.74, 6) is -0.226. The maximum absolute atomic E-state index is 12.9. The number of nitrogen functional groups attached to an aromatic ring is 1. The van der Waals surface area contributed by atoms with Crippen LogP contribution < -0.4 is 16.2 Å². The third-order valence-corrected chi connectivity index (χ3v) is 6.17. The van der Waals surface area contributed by atoms with Crippen molar-refractivity contribution in [3.05, 3.63) is 70.4 Å². The fourth-order valence-electron chi connectivity index (χ4n) is 4.09. The Morgan fingerprint density at radius 2 is 1.86 bits per heavy atom. The first kappa shape index (κ1) is 27.4. The van der Waals surface area contributed by atoms with E-state index in [4.69, 9.17) is 26.4 Å². The quantitative estimate of drug-likeness (QED) is 0.154. The van der Waals surface area contributed by atoms with Crippen LogP contribution in [0.15, 0.2) is 48.2 Å². The van der Waals surface area contributed by atoms with E-state index in [1.54, 1.807) is 24.3 Å². The summed E-state index contributed by atoms with van der Waals surface area (Å²) < 4.78 is 10.5. The number of nitrogens with one attached hydrogen (secondary N) is 1. The van der Waals surface area contributed by atoms with Gasteiger partial charge in [0.1, 0.15) is 18.4 Å². The van der Waals surface area contributed by atoms with Crippen LogP contribution in [0.5, 0.6) is 5.75 Å². The van der Waals surface area contributed by atoms with Gasteiger partial charge in [0.05, 0.1) is 23.6 Å². The third kappa shape index (κ3) is 6.52. The number of piperazine rings is 1. The minimum atomic E-state index is -0.423. The Hall–Kier alpha value is -4.20. The van der Waals surface area contributed by atoms with E-state index in [2.05, 4.69) is 4.90 Å². The standard InChI is InChI=1S/C27H32N6O4/c1-17-16-32(2)8-9-33(17)27(35)19-6-4-18(5-7-19)24(34)13-23(30)26(31)21-12-20(15-28)25(14-22(21)29)37-11-10-36-3/h4-7,12-14,17,31H,8-11,16,29-30H2,1-3H3/t17-/m0/s1. The molecule has 0 aromatic heterocycles. The van der Waals surface area contributed by atoms with Gasteiger partial charge in [-0.2, -0.15) is 5.26 Å². The molecule has 0 unspecified atom stereocenters. The molecular formula is C27H32N6O4. The van der Waals surface area contributed by atoms with Gasteiger partial charge >= 0.3 is 0 Å². The zero-order valence-electron chi connectivity index (χ0n) is 21.3. The molecule has 1 saturated heterocycles. The van der Waals surface area contributed by atoms with Crippen LogP contribution >= 0.6 is 0 Å². The number of carbonyl (C=O) groups is 2. The predicted molar refractivity (Wildman–Crippen MR) is 141 cm³/mol. The number of rotatable bonds is 9. The Kier molecular flexibility index (Phi) is 9.00. The Labute approximate surface area is 216 Å². The van der Waals surface area contributed by atoms with Crippen molar-refractivity contribution in [3.63, 3.8) is 0 Å². The van der Waals surface area contributed by atoms with Crippen molar-refractivity contribution in [2.45, 2.75) is 13.0 Å². The molecule has 1 aliphatic rings. The third-order valence-electron chi connectivity index (χ3n) is 6.17. The van der Waals surface area contributed by atoms with E-state index in [9.17, 15) is 14.9 Å². The van der Waals surface area contributed by atoms with Crippen LogP contribution in [0.1, 0.15) is 38.8 Å². The predicted octanol–water partition coefficient (Wildman–Crippen LogP) is 2.04. The van der Waals surface area contributed by atoms with Gasteiger partial charge < -0.3 is 30.7 Å². The molecule has 1 heterocycles. The first-order valence-corrected chi connectivity index (χ1v) is 11.8. The minimum absolute atomic E-state index is 0.0742. The maximum Gasteiger partial charge on any atom is 0.254 e. The summed E-state index contributed by atoms with van der Waals surface area (Å²) in [5.41, 5.74) is 13.2. The van der Waals surface area contributed by atoms with Crippen molar-refractivity contribution >= 4 is 23.1 Å². The summed E-state index contributed by atoms with van der Waals surface area (Å²) in [4.78, 5) is 29.7. The number of nitrogens with two attached hydrogens (primary N) is 2. The highest BCUT2D eigenvalue weighted by atomic mass is 16.5. The highest BCUT2D eigenvalue weighted by Crippen LogP contribution is 2.26. The summed E-state index contributed by atoms with van der Waals surface area (Å²) in [5, 5.41) is 17.9. The highest BCUT2D eigenvalue weighted by Gasteiger charge is 2.26. The van der Waals surface area contributed by atoms with E-state index in [0.717, 1.165) is 19.2 Å². The average Bonchev–Trinajstić information content (AvgIpc) is 2.88. The number of hydrogen-bond acceptors (Lipinski definition) is 9. The van der Waals surface area contributed by atoms with Crippen molar-refractivity contribution in [2.75, 3.05) is 52.7 Å². The van der Waals surface area contributed by atoms with Crippen LogP contribution in [0.25, 0.3) is 0 Å². The number of benzene rings is 2. The fraction of sp³-hybridized carbons (Fsp3) is 0.333. The molecule has 0 saturated carbocycles. The molecule has 0 aliphatic carbocycles. The summed E-state index contributed by atoms with van der Waals surface area (Å²) in [6.45, 7) is 4.85. The Bertz CT molecular complexity index is 1250. The number of ether oxygens (including phenoxy) is 2. The Morgan fingerprint density at radius 1 is 1.19 bits per heavy atom. The number of nitrogens with zero attached hydrogens (tertiary/aromatic N) is 3. The van der Waals surface area contributed by atoms with Crippen LogP contribution in [0.2, 0.25) is 0 Å². The second-order valence-electron chi connectivity index (χ2n) is 8.91. The molecule has 37 heavy (non-hydrogen) atoms. The molecule has 10 nitrogen and oxygen atoms in total. The second-order valence-corrected chi connectivity index (χ2v) is 8.91. The van der Waals surface area contributed by atoms with Gasteiger partial charge in [-0.1, -0.05) is 12.1 Å². The smallest absolute Gasteiger partial charge is 0.254 e. The number of anilines is 1. The molecule has 0 spiro atoms. The largest absolute Gasteiger partial charge is 0.490 e. The van der Waals surface area contributed by atoms with Gasteiger partial charge in [-0.15, -0.1) is 0 Å². The molecule has 2 aromatic carbocycles. The summed E-state index contributed by atoms with van der Waals surface area (Å²) >= 11 is 0. The molecule has 194 valence electrons. The molecule has 10 heteroatoms. The van der Waals surface area contributed by atoms with E-state index in [0.29, 0.717) is 24.3 Å². The lowest BCUT2D eigenvalue weighted by atomic mass is 10.00. The number of likely N-dealkylation sites (N-methyl/N-ethyl adjacent to an activating group) is 1. The van der Waals surface area contributed by atoms with Crippen LogP contribution in [0.4, 0.5) is 5.69 Å². The Morgan fingerprint density at radius 3 is 2.49 bits per heavy atom. The van der Waals surface area contributed by atoms with Crippen LogP contribution in [-0.4, -0.2) is 80.2 Å². The van der Waals surface area contributed by atoms with Crippen molar-refractivity contribution in [2.24, 2.45) is 5.73 Å². The lowest BCUT2D eigenvalue weighted by Gasteiger charge is -2.38. The van der Waals surface area contributed by atoms with E-state index in [1.165, 1.54) is 19.2 Å². The number of carbonyl (C=O) groups excluding carboxylic acids is 2. The van der Waals surface area contributed by atoms with Crippen LogP contribution in [0.3, 0.4) is 0 Å². The van der Waals surface area contributed by atoms with Gasteiger partial charge in [-0.3, -0.25) is 15.0 Å². The first-order valence-electron chi connectivity index (χ1n) is 11.8. The topological polar surface area (TPSA) is 159 Å². The molecule has 1 atom stereocenters. The van der Waals surface area contributed by atoms with Gasteiger partial charge in [0.25, 0.3) is 5.91 Å². The minimum Gasteiger partial charge on any atom is -0.490 e. The summed E-state index contributed by atoms with van der Waals surface area (Å²) in [7, 11) is 3.56. The number of nitriles is 1. The maximum atomic E-state index is 12.9. The molecule has 1 fully saturated rings. The molecule has 1 aliphatic heterocycles. The molecule has 1 amide bonds. The fourth-order valence-corrected chi connectivity index (χ4v) is 4.09. The number of amides is 1. The van der Waals surface area contributed by atoms with Gasteiger partial charge in [0.2, 0.25) is 0 Å². The SMILES string of the molecule is COCCOc1cc(N)c(C(=N)C(N)=CC(=O)c2ccc(C(=O)N3CCN(C)C[C@@H]3C)cc2)cc1C#N. The zero-order chi connectivity index (χ0) is 27.1. The molecule has 3 rings (SSSR count). The van der Waals surface area contributed by atoms with Gasteiger partial charge in [0.15, 0.2) is 5.78 Å². The molecule has 2 aromatic rings. The monoisotopic (exact) mass is 504 g/mol. The first-order chi connectivity index (χ1) is 17.7. The number of allylic oxidation sites excluding steroid dienone is 2. The van der Waals surface area contributed by atoms with Gasteiger partial charge in [0, 0.05) is 67.3 Å². The summed E-state index contributed by atoms with van der Waals surface area (Å²) in [6.07, 6.45) is 1.14. The van der Waals surface area contributed by atoms with Crippen LogP contribution in [0, 0.1) is 16.7 Å². The van der Waals surface area contributed by atoms with Gasteiger partial charge in [-0.25, -0.2) is 0 Å². The zero-order valence-corrected chi connectivity index (χ0v) is 21.3. The highest BCUT2D eigenvalue weighted by molar-refractivity contribution is 6.17. The van der Waals surface area contributed by atoms with E-state index >= 15 is 0 Å². The molecular weight excluding hydrogens is 472 g/mol. The van der Waals surface area contributed by atoms with E-state index in [1.807, 2.05) is 24.9 Å². The summed E-state index contributed by atoms with van der Waals surface area (Å²) in [6, 6.07) is 11.3. The second kappa shape index (κ2) is 12.2. The number of methoxy groups -OCH3 is 1. The lowest BCUT2D eigenvalue weighted by molar-refractivity contribution is 0.0533. The molecule has 0 bridgehead atoms. The van der Waals surface area contributed by atoms with Crippen LogP contribution in [-0.2, 0) is 4.74 Å². The lowest BCUT2D eigenvalue weighted by Crippen LogP contribution is -2.52. The number of ketones is 1. The Balaban J connectivity index is 1.73. The van der Waals surface area contributed by atoms with Crippen molar-refractivity contribution in [1.29, 1.82) is 10.7 Å². The molecule has 0 radical (unpaired) electrons. The van der Waals surface area contributed by atoms with Crippen molar-refractivity contribution in [3.8, 4) is 11.8 Å². The van der Waals surface area contributed by atoms with E-state index < -0.39 is 5.78 Å². The number of hydrogen-bond donors (Lipinski definition) is 3.